The van der Waals surface area contributed by atoms with E-state index in [-0.39, 0.29) is 11.9 Å². The third-order valence-electron chi connectivity index (χ3n) is 4.32. The second kappa shape index (κ2) is 7.77. The van der Waals surface area contributed by atoms with Gasteiger partial charge in [-0.15, -0.1) is 0 Å². The van der Waals surface area contributed by atoms with Gasteiger partial charge in [0.05, 0.1) is 6.04 Å². The smallest absolute Gasteiger partial charge is 0.241 e. The lowest BCUT2D eigenvalue weighted by Gasteiger charge is -2.38. The summed E-state index contributed by atoms with van der Waals surface area (Å²) in [6.45, 7) is 5.41. The highest BCUT2D eigenvalue weighted by molar-refractivity contribution is 9.10. The zero-order valence-electron chi connectivity index (χ0n) is 13.7. The molecule has 0 aliphatic carbocycles. The summed E-state index contributed by atoms with van der Waals surface area (Å²) in [7, 11) is 0. The second-order valence-electron chi connectivity index (χ2n) is 5.89. The van der Waals surface area contributed by atoms with Crippen molar-refractivity contribution in [3.8, 4) is 0 Å². The first-order valence-electron chi connectivity index (χ1n) is 8.10. The van der Waals surface area contributed by atoms with Crippen LogP contribution in [0.25, 0.3) is 0 Å². The summed E-state index contributed by atoms with van der Waals surface area (Å²) in [6, 6.07) is 13.5. The fourth-order valence-corrected chi connectivity index (χ4v) is 3.06. The van der Waals surface area contributed by atoms with Gasteiger partial charge in [-0.2, -0.15) is 0 Å². The van der Waals surface area contributed by atoms with Gasteiger partial charge in [0, 0.05) is 42.5 Å². The number of hydrogen-bond donors (Lipinski definition) is 1. The first-order chi connectivity index (χ1) is 11.6. The summed E-state index contributed by atoms with van der Waals surface area (Å²) in [6.07, 6.45) is 1.82. The first-order valence-corrected chi connectivity index (χ1v) is 8.89. The minimum Gasteiger partial charge on any atom is -0.354 e. The molecule has 1 aliphatic heterocycles. The Morgan fingerprint density at radius 1 is 1.12 bits per heavy atom. The number of piperazine rings is 1. The number of nitrogens with one attached hydrogen (secondary N) is 1. The van der Waals surface area contributed by atoms with Crippen molar-refractivity contribution in [1.82, 2.24) is 9.88 Å². The molecule has 1 aliphatic rings. The van der Waals surface area contributed by atoms with Crippen LogP contribution in [0.1, 0.15) is 6.92 Å². The highest BCUT2D eigenvalue weighted by Gasteiger charge is 2.26. The lowest BCUT2D eigenvalue weighted by Crippen LogP contribution is -2.53. The van der Waals surface area contributed by atoms with Crippen LogP contribution in [0.2, 0.25) is 0 Å². The maximum atomic E-state index is 12.4. The van der Waals surface area contributed by atoms with Gasteiger partial charge in [0.15, 0.2) is 0 Å². The minimum absolute atomic E-state index is 0.0383. The Labute approximate surface area is 150 Å². The molecule has 1 aromatic carbocycles. The fraction of sp³-hybridized carbons (Fsp3) is 0.333. The van der Waals surface area contributed by atoms with Gasteiger partial charge in [-0.05, 0) is 47.1 Å². The van der Waals surface area contributed by atoms with Gasteiger partial charge in [-0.25, -0.2) is 4.98 Å². The Hall–Kier alpha value is -1.92. The number of carbonyl (C=O) groups excluding carboxylic acids is 1. The average Bonchev–Trinajstić information content (AvgIpc) is 2.63. The van der Waals surface area contributed by atoms with E-state index in [1.165, 1.54) is 0 Å². The lowest BCUT2D eigenvalue weighted by atomic mass is 10.2. The third kappa shape index (κ3) is 4.13. The van der Waals surface area contributed by atoms with Gasteiger partial charge in [0.2, 0.25) is 5.91 Å². The largest absolute Gasteiger partial charge is 0.354 e. The summed E-state index contributed by atoms with van der Waals surface area (Å²) in [5, 5.41) is 2.98. The molecule has 0 radical (unpaired) electrons. The highest BCUT2D eigenvalue weighted by Crippen LogP contribution is 2.17. The third-order valence-corrected chi connectivity index (χ3v) is 4.79. The second-order valence-corrected chi connectivity index (χ2v) is 6.80. The van der Waals surface area contributed by atoms with Crippen LogP contribution in [-0.2, 0) is 4.79 Å². The first kappa shape index (κ1) is 16.9. The molecule has 1 atom stereocenters. The van der Waals surface area contributed by atoms with Crippen LogP contribution in [0.5, 0.6) is 0 Å². The van der Waals surface area contributed by atoms with E-state index in [9.17, 15) is 4.79 Å². The van der Waals surface area contributed by atoms with E-state index in [0.717, 1.165) is 42.2 Å². The van der Waals surface area contributed by atoms with Crippen LogP contribution in [0, 0.1) is 0 Å². The van der Waals surface area contributed by atoms with Crippen molar-refractivity contribution in [2.75, 3.05) is 36.4 Å². The van der Waals surface area contributed by atoms with Crippen LogP contribution >= 0.6 is 15.9 Å². The Kier molecular flexibility index (Phi) is 5.48. The molecule has 1 saturated heterocycles. The van der Waals surface area contributed by atoms with E-state index in [4.69, 9.17) is 0 Å². The number of aromatic nitrogens is 1. The van der Waals surface area contributed by atoms with Gasteiger partial charge in [0.1, 0.15) is 5.82 Å². The number of anilines is 2. The molecule has 1 amide bonds. The van der Waals surface area contributed by atoms with Crippen molar-refractivity contribution in [3.05, 3.63) is 53.1 Å². The van der Waals surface area contributed by atoms with Crippen molar-refractivity contribution in [1.29, 1.82) is 0 Å². The van der Waals surface area contributed by atoms with E-state index >= 15 is 0 Å². The molecule has 2 aromatic rings. The van der Waals surface area contributed by atoms with Crippen molar-refractivity contribution >= 4 is 33.3 Å². The molecule has 5 nitrogen and oxygen atoms in total. The Bertz CT molecular complexity index is 669. The molecule has 126 valence electrons. The summed E-state index contributed by atoms with van der Waals surface area (Å²) in [5.74, 6) is 1.02. The van der Waals surface area contributed by atoms with Crippen molar-refractivity contribution in [2.24, 2.45) is 0 Å². The molecule has 1 fully saturated rings. The predicted molar refractivity (Wildman–Crippen MR) is 100 cm³/mol. The number of halogens is 1. The van der Waals surface area contributed by atoms with Crippen LogP contribution in [0.15, 0.2) is 53.1 Å². The maximum Gasteiger partial charge on any atom is 0.241 e. The molecule has 0 bridgehead atoms. The van der Waals surface area contributed by atoms with E-state index in [1.807, 2.05) is 55.6 Å². The average molecular weight is 389 g/mol. The Morgan fingerprint density at radius 2 is 1.83 bits per heavy atom. The van der Waals surface area contributed by atoms with Crippen LogP contribution in [0.4, 0.5) is 11.5 Å². The van der Waals surface area contributed by atoms with Gasteiger partial charge in [0.25, 0.3) is 0 Å². The minimum atomic E-state index is -0.148. The number of amides is 1. The molecular formula is C18H21BrN4O. The van der Waals surface area contributed by atoms with Crippen LogP contribution in [0.3, 0.4) is 0 Å². The van der Waals surface area contributed by atoms with E-state index < -0.39 is 0 Å². The fourth-order valence-electron chi connectivity index (χ4n) is 2.83. The molecule has 6 heteroatoms. The molecule has 1 aromatic heterocycles. The van der Waals surface area contributed by atoms with E-state index in [0.29, 0.717) is 0 Å². The molecular weight excluding hydrogens is 368 g/mol. The number of rotatable bonds is 4. The number of para-hydroxylation sites is 1. The number of benzene rings is 1. The molecule has 2 heterocycles. The molecule has 1 unspecified atom stereocenters. The van der Waals surface area contributed by atoms with Crippen molar-refractivity contribution in [3.63, 3.8) is 0 Å². The van der Waals surface area contributed by atoms with Gasteiger partial charge in [-0.1, -0.05) is 18.2 Å². The maximum absolute atomic E-state index is 12.4. The van der Waals surface area contributed by atoms with Gasteiger partial charge < -0.3 is 10.2 Å². The number of hydrogen-bond acceptors (Lipinski definition) is 4. The monoisotopic (exact) mass is 388 g/mol. The van der Waals surface area contributed by atoms with Crippen molar-refractivity contribution < 1.29 is 4.79 Å². The zero-order valence-corrected chi connectivity index (χ0v) is 15.2. The topological polar surface area (TPSA) is 48.5 Å². The molecule has 3 rings (SSSR count). The zero-order chi connectivity index (χ0) is 16.9. The number of pyridine rings is 1. The van der Waals surface area contributed by atoms with Gasteiger partial charge >= 0.3 is 0 Å². The standard InChI is InChI=1S/C18H21BrN4O/c1-14(18(24)21-16-5-3-2-4-6-16)22-9-11-23(12-10-22)17-8-7-15(19)13-20-17/h2-8,13-14H,9-12H2,1H3,(H,21,24). The van der Waals surface area contributed by atoms with Gasteiger partial charge in [-0.3, -0.25) is 9.69 Å². The lowest BCUT2D eigenvalue weighted by molar-refractivity contribution is -0.120. The highest BCUT2D eigenvalue weighted by atomic mass is 79.9. The van der Waals surface area contributed by atoms with E-state index in [2.05, 4.69) is 36.0 Å². The van der Waals surface area contributed by atoms with E-state index in [1.54, 1.807) is 0 Å². The Morgan fingerprint density at radius 3 is 2.46 bits per heavy atom. The van der Waals surface area contributed by atoms with Crippen molar-refractivity contribution in [2.45, 2.75) is 13.0 Å². The molecule has 1 N–H and O–H groups in total. The Balaban J connectivity index is 1.54. The summed E-state index contributed by atoms with van der Waals surface area (Å²) in [5.41, 5.74) is 0.840. The normalized spacial score (nSPS) is 16.7. The van der Waals surface area contributed by atoms with Crippen LogP contribution < -0.4 is 10.2 Å². The summed E-state index contributed by atoms with van der Waals surface area (Å²) in [4.78, 5) is 21.3. The number of carbonyl (C=O) groups is 1. The SMILES string of the molecule is CC(C(=O)Nc1ccccc1)N1CCN(c2ccc(Br)cn2)CC1. The molecule has 0 saturated carbocycles. The molecule has 0 spiro atoms. The summed E-state index contributed by atoms with van der Waals surface area (Å²) >= 11 is 3.41. The molecule has 24 heavy (non-hydrogen) atoms. The summed E-state index contributed by atoms with van der Waals surface area (Å²) < 4.78 is 0.982. The predicted octanol–water partition coefficient (Wildman–Crippen LogP) is 2.99. The quantitative estimate of drug-likeness (QED) is 0.874. The number of nitrogens with zero attached hydrogens (tertiary/aromatic N) is 3. The van der Waals surface area contributed by atoms with Crippen LogP contribution in [-0.4, -0.2) is 48.0 Å².